The van der Waals surface area contributed by atoms with Crippen molar-refractivity contribution < 1.29 is 0 Å². The van der Waals surface area contributed by atoms with Crippen molar-refractivity contribution in [2.75, 3.05) is 25.0 Å². The van der Waals surface area contributed by atoms with E-state index < -0.39 is 0 Å². The van der Waals surface area contributed by atoms with E-state index in [4.69, 9.17) is 0 Å². The molecule has 2 heterocycles. The zero-order chi connectivity index (χ0) is 10.8. The Morgan fingerprint density at radius 3 is 2.40 bits per heavy atom. The zero-order valence-electron chi connectivity index (χ0n) is 9.46. The van der Waals surface area contributed by atoms with E-state index in [0.29, 0.717) is 12.1 Å². The van der Waals surface area contributed by atoms with Crippen LogP contribution in [0.1, 0.15) is 13.8 Å². The molecule has 0 aliphatic carbocycles. The van der Waals surface area contributed by atoms with E-state index in [1.807, 2.05) is 0 Å². The first-order chi connectivity index (χ1) is 7.18. The van der Waals surface area contributed by atoms with Crippen molar-refractivity contribution in [1.82, 2.24) is 20.1 Å². The van der Waals surface area contributed by atoms with Crippen LogP contribution < -0.4 is 4.90 Å². The highest BCUT2D eigenvalue weighted by molar-refractivity contribution is 5.29. The van der Waals surface area contributed by atoms with Gasteiger partial charge in [0.15, 0.2) is 0 Å². The van der Waals surface area contributed by atoms with Crippen molar-refractivity contribution in [2.24, 2.45) is 0 Å². The van der Waals surface area contributed by atoms with Gasteiger partial charge in [0.05, 0.1) is 12.4 Å². The molecular formula is C10H17N5. The van der Waals surface area contributed by atoms with Gasteiger partial charge >= 0.3 is 0 Å². The first-order valence-corrected chi connectivity index (χ1v) is 5.29. The second-order valence-corrected chi connectivity index (χ2v) is 4.21. The van der Waals surface area contributed by atoms with Crippen LogP contribution in [0.4, 0.5) is 5.95 Å². The number of nitrogens with zero attached hydrogens (tertiary/aromatic N) is 5. The van der Waals surface area contributed by atoms with Gasteiger partial charge in [0.25, 0.3) is 0 Å². The van der Waals surface area contributed by atoms with Gasteiger partial charge in [0.2, 0.25) is 5.95 Å². The van der Waals surface area contributed by atoms with Gasteiger partial charge in [-0.1, -0.05) is 0 Å². The molecule has 1 saturated heterocycles. The van der Waals surface area contributed by atoms with Crippen LogP contribution in [0.15, 0.2) is 12.4 Å². The van der Waals surface area contributed by atoms with Crippen LogP contribution in [-0.4, -0.2) is 52.3 Å². The molecule has 0 unspecified atom stereocenters. The summed E-state index contributed by atoms with van der Waals surface area (Å²) >= 11 is 0. The molecule has 82 valence electrons. The number of rotatable bonds is 1. The molecule has 0 spiro atoms. The Morgan fingerprint density at radius 2 is 1.87 bits per heavy atom. The lowest BCUT2D eigenvalue weighted by molar-refractivity contribution is 0.169. The number of aromatic nitrogens is 3. The topological polar surface area (TPSA) is 45.2 Å². The minimum Gasteiger partial charge on any atom is -0.336 e. The molecule has 5 nitrogen and oxygen atoms in total. The lowest BCUT2D eigenvalue weighted by atomic mass is 10.1. The third kappa shape index (κ3) is 2.07. The Morgan fingerprint density at radius 1 is 1.20 bits per heavy atom. The van der Waals surface area contributed by atoms with Gasteiger partial charge < -0.3 is 4.90 Å². The third-order valence-electron chi connectivity index (χ3n) is 3.11. The maximum absolute atomic E-state index is 4.23. The van der Waals surface area contributed by atoms with E-state index in [1.165, 1.54) is 0 Å². The van der Waals surface area contributed by atoms with Crippen molar-refractivity contribution in [3.05, 3.63) is 12.4 Å². The fraction of sp³-hybridized carbons (Fsp3) is 0.700. The summed E-state index contributed by atoms with van der Waals surface area (Å²) < 4.78 is 0. The zero-order valence-corrected chi connectivity index (χ0v) is 9.46. The predicted octanol–water partition coefficient (Wildman–Crippen LogP) is 0.400. The van der Waals surface area contributed by atoms with Gasteiger partial charge in [0.1, 0.15) is 0 Å². The molecule has 1 aromatic heterocycles. The van der Waals surface area contributed by atoms with Crippen LogP contribution in [0.25, 0.3) is 0 Å². The molecule has 1 fully saturated rings. The first kappa shape index (κ1) is 10.3. The van der Waals surface area contributed by atoms with Crippen LogP contribution in [0, 0.1) is 0 Å². The number of hydrogen-bond donors (Lipinski definition) is 0. The standard InChI is InChI=1S/C10H17N5/c1-8-6-15(7-9(2)14(8)3)10-11-4-5-12-13-10/h4-5,8-9H,6-7H2,1-3H3/t8-,9+. The maximum Gasteiger partial charge on any atom is 0.245 e. The van der Waals surface area contributed by atoms with E-state index >= 15 is 0 Å². The molecule has 0 radical (unpaired) electrons. The molecule has 0 saturated carbocycles. The van der Waals surface area contributed by atoms with Crippen molar-refractivity contribution in [3.8, 4) is 0 Å². The molecule has 1 aliphatic heterocycles. The van der Waals surface area contributed by atoms with Gasteiger partial charge in [-0.2, -0.15) is 5.10 Å². The smallest absolute Gasteiger partial charge is 0.245 e. The number of anilines is 1. The summed E-state index contributed by atoms with van der Waals surface area (Å²) in [5.41, 5.74) is 0. The molecule has 1 aromatic rings. The Balaban J connectivity index is 2.13. The normalized spacial score (nSPS) is 28.1. The summed E-state index contributed by atoms with van der Waals surface area (Å²) in [4.78, 5) is 8.81. The summed E-state index contributed by atoms with van der Waals surface area (Å²) in [5, 5.41) is 7.90. The molecule has 0 bridgehead atoms. The Hall–Kier alpha value is -1.23. The fourth-order valence-electron chi connectivity index (χ4n) is 1.95. The summed E-state index contributed by atoms with van der Waals surface area (Å²) in [5.74, 6) is 0.740. The average molecular weight is 207 g/mol. The summed E-state index contributed by atoms with van der Waals surface area (Å²) in [7, 11) is 2.16. The van der Waals surface area contributed by atoms with Crippen LogP contribution in [0.3, 0.4) is 0 Å². The van der Waals surface area contributed by atoms with Crippen molar-refractivity contribution >= 4 is 5.95 Å². The van der Waals surface area contributed by atoms with Crippen molar-refractivity contribution in [1.29, 1.82) is 0 Å². The largest absolute Gasteiger partial charge is 0.336 e. The Bertz CT molecular complexity index is 303. The van der Waals surface area contributed by atoms with E-state index in [-0.39, 0.29) is 0 Å². The van der Waals surface area contributed by atoms with Crippen LogP contribution >= 0.6 is 0 Å². The Kier molecular flexibility index (Phi) is 2.81. The molecule has 0 aromatic carbocycles. The van der Waals surface area contributed by atoms with E-state index in [1.54, 1.807) is 12.4 Å². The van der Waals surface area contributed by atoms with E-state index in [9.17, 15) is 0 Å². The van der Waals surface area contributed by atoms with Crippen LogP contribution in [-0.2, 0) is 0 Å². The second kappa shape index (κ2) is 4.10. The maximum atomic E-state index is 4.23. The highest BCUT2D eigenvalue weighted by atomic mass is 15.4. The van der Waals surface area contributed by atoms with Gasteiger partial charge in [-0.3, -0.25) is 4.90 Å². The molecule has 2 rings (SSSR count). The fourth-order valence-corrected chi connectivity index (χ4v) is 1.95. The molecule has 0 N–H and O–H groups in total. The molecule has 2 atom stereocenters. The summed E-state index contributed by atoms with van der Waals surface area (Å²) in [6, 6.07) is 1.05. The average Bonchev–Trinajstić information content (AvgIpc) is 2.26. The molecular weight excluding hydrogens is 190 g/mol. The molecule has 15 heavy (non-hydrogen) atoms. The van der Waals surface area contributed by atoms with Gasteiger partial charge in [0, 0.05) is 25.2 Å². The minimum absolute atomic E-state index is 0.526. The van der Waals surface area contributed by atoms with E-state index in [2.05, 4.69) is 45.9 Å². The number of piperazine rings is 1. The molecule has 5 heteroatoms. The molecule has 1 aliphatic rings. The predicted molar refractivity (Wildman–Crippen MR) is 58.7 cm³/mol. The monoisotopic (exact) mass is 207 g/mol. The minimum atomic E-state index is 0.526. The SMILES string of the molecule is C[C@@H]1CN(c2nccnn2)C[C@H](C)N1C. The van der Waals surface area contributed by atoms with Crippen molar-refractivity contribution in [3.63, 3.8) is 0 Å². The van der Waals surface area contributed by atoms with Gasteiger partial charge in [-0.15, -0.1) is 5.10 Å². The summed E-state index contributed by atoms with van der Waals surface area (Å²) in [6.45, 7) is 6.37. The van der Waals surface area contributed by atoms with Crippen molar-refractivity contribution in [2.45, 2.75) is 25.9 Å². The number of hydrogen-bond acceptors (Lipinski definition) is 5. The number of likely N-dealkylation sites (N-methyl/N-ethyl adjacent to an activating group) is 1. The van der Waals surface area contributed by atoms with Crippen LogP contribution in [0.5, 0.6) is 0 Å². The van der Waals surface area contributed by atoms with Gasteiger partial charge in [-0.25, -0.2) is 4.98 Å². The quantitative estimate of drug-likeness (QED) is 0.667. The highest BCUT2D eigenvalue weighted by Gasteiger charge is 2.27. The second-order valence-electron chi connectivity index (χ2n) is 4.21. The first-order valence-electron chi connectivity index (χ1n) is 5.29. The lowest BCUT2D eigenvalue weighted by Gasteiger charge is -2.42. The summed E-state index contributed by atoms with van der Waals surface area (Å²) in [6.07, 6.45) is 3.29. The highest BCUT2D eigenvalue weighted by Crippen LogP contribution is 2.16. The van der Waals surface area contributed by atoms with E-state index in [0.717, 1.165) is 19.0 Å². The third-order valence-corrected chi connectivity index (χ3v) is 3.11. The Labute approximate surface area is 90.1 Å². The molecule has 0 amide bonds. The van der Waals surface area contributed by atoms with Crippen LogP contribution in [0.2, 0.25) is 0 Å². The van der Waals surface area contributed by atoms with Gasteiger partial charge in [-0.05, 0) is 20.9 Å². The lowest BCUT2D eigenvalue weighted by Crippen LogP contribution is -2.55.